The Hall–Kier alpha value is -2.16. The largest absolute Gasteiger partial charge is 0.478 e. The van der Waals surface area contributed by atoms with Gasteiger partial charge in [0.15, 0.2) is 0 Å². The van der Waals surface area contributed by atoms with Gasteiger partial charge in [-0.2, -0.15) is 22.7 Å². The fourth-order valence-electron chi connectivity index (χ4n) is 3.56. The number of allylic oxidation sites excluding steroid dienone is 1. The Bertz CT molecular complexity index is 816. The zero-order valence-corrected chi connectivity index (χ0v) is 13.7. The summed E-state index contributed by atoms with van der Waals surface area (Å²) in [6.07, 6.45) is 2.00. The van der Waals surface area contributed by atoms with Crippen LogP contribution >= 0.6 is 0 Å². The molecule has 0 radical (unpaired) electrons. The summed E-state index contributed by atoms with van der Waals surface area (Å²) >= 11 is 0. The summed E-state index contributed by atoms with van der Waals surface area (Å²) in [6.45, 7) is 3.60. The number of fused-ring (bicyclic) bond motifs is 3. The van der Waals surface area contributed by atoms with Crippen LogP contribution in [0.15, 0.2) is 18.2 Å². The van der Waals surface area contributed by atoms with Crippen molar-refractivity contribution in [1.29, 1.82) is 0 Å². The third-order valence-electron chi connectivity index (χ3n) is 4.61. The van der Waals surface area contributed by atoms with Gasteiger partial charge in [0, 0.05) is 25.2 Å². The van der Waals surface area contributed by atoms with Gasteiger partial charge in [-0.1, -0.05) is 12.2 Å². The lowest BCUT2D eigenvalue weighted by Crippen LogP contribution is -2.27. The highest BCUT2D eigenvalue weighted by molar-refractivity contribution is 5.35. The number of ether oxygens (including phenoxy) is 1. The number of alkyl halides is 3. The number of rotatable bonds is 4. The first kappa shape index (κ1) is 16.3. The van der Waals surface area contributed by atoms with Crippen LogP contribution in [0, 0.1) is 5.92 Å². The summed E-state index contributed by atoms with van der Waals surface area (Å²) in [7, 11) is 0. The first-order valence-corrected chi connectivity index (χ1v) is 8.31. The number of hydrogen-bond donors (Lipinski definition) is 0. The fraction of sp³-hybridized carbons (Fsp3) is 0.562. The molecule has 4 rings (SSSR count). The van der Waals surface area contributed by atoms with Gasteiger partial charge < -0.3 is 4.74 Å². The van der Waals surface area contributed by atoms with Crippen LogP contribution in [0.3, 0.4) is 0 Å². The molecule has 0 amide bonds. The maximum atomic E-state index is 12.9. The Morgan fingerprint density at radius 2 is 2.16 bits per heavy atom. The van der Waals surface area contributed by atoms with Crippen molar-refractivity contribution < 1.29 is 17.9 Å². The van der Waals surface area contributed by atoms with E-state index in [0.717, 1.165) is 23.9 Å². The van der Waals surface area contributed by atoms with Crippen LogP contribution in [0.2, 0.25) is 0 Å². The van der Waals surface area contributed by atoms with Crippen LogP contribution in [0.1, 0.15) is 31.3 Å². The summed E-state index contributed by atoms with van der Waals surface area (Å²) in [5, 5.41) is 3.50. The molecule has 134 valence electrons. The molecule has 0 aromatic carbocycles. The number of halogens is 3. The minimum atomic E-state index is -4.62. The summed E-state index contributed by atoms with van der Waals surface area (Å²) in [4.78, 5) is 10.1. The van der Waals surface area contributed by atoms with E-state index in [4.69, 9.17) is 4.74 Å². The number of hydrogen-bond acceptors (Lipinski definition) is 5. The summed E-state index contributed by atoms with van der Waals surface area (Å²) in [6, 6.07) is 2.02. The molecular formula is C16H18F3N5O. The van der Waals surface area contributed by atoms with Crippen molar-refractivity contribution in [2.75, 3.05) is 13.2 Å². The van der Waals surface area contributed by atoms with Gasteiger partial charge >= 0.3 is 6.18 Å². The van der Waals surface area contributed by atoms with Gasteiger partial charge in [0.05, 0.1) is 12.3 Å². The topological polar surface area (TPSA) is 55.5 Å². The van der Waals surface area contributed by atoms with E-state index < -0.39 is 12.0 Å². The lowest BCUT2D eigenvalue weighted by atomic mass is 9.97. The first-order chi connectivity index (χ1) is 11.9. The van der Waals surface area contributed by atoms with Crippen LogP contribution in [0.4, 0.5) is 13.2 Å². The molecule has 0 saturated carbocycles. The summed E-state index contributed by atoms with van der Waals surface area (Å²) in [5.74, 6) is -0.428. The molecule has 6 nitrogen and oxygen atoms in total. The molecule has 1 aliphatic carbocycles. The number of nitrogens with zero attached hydrogens (tertiary/aromatic N) is 5. The van der Waals surface area contributed by atoms with E-state index in [1.807, 2.05) is 0 Å². The molecule has 2 atom stereocenters. The number of likely N-dealkylation sites (tertiary alicyclic amines) is 1. The highest BCUT2D eigenvalue weighted by Gasteiger charge is 2.37. The predicted molar refractivity (Wildman–Crippen MR) is 83.0 cm³/mol. The Balaban J connectivity index is 1.68. The molecule has 2 aliphatic rings. The molecule has 3 heterocycles. The van der Waals surface area contributed by atoms with E-state index in [-0.39, 0.29) is 11.7 Å². The smallest absolute Gasteiger partial charge is 0.453 e. The van der Waals surface area contributed by atoms with Crippen molar-refractivity contribution in [2.24, 2.45) is 5.92 Å². The fourth-order valence-corrected chi connectivity index (χ4v) is 3.56. The molecule has 2 bridgehead atoms. The van der Waals surface area contributed by atoms with Crippen LogP contribution in [-0.2, 0) is 12.7 Å². The van der Waals surface area contributed by atoms with Gasteiger partial charge in [-0.05, 0) is 25.7 Å². The highest BCUT2D eigenvalue weighted by atomic mass is 19.4. The van der Waals surface area contributed by atoms with E-state index in [2.05, 4.69) is 32.1 Å². The molecule has 2 unspecified atom stereocenters. The average Bonchev–Trinajstić information content (AvgIpc) is 3.09. The van der Waals surface area contributed by atoms with Crippen LogP contribution < -0.4 is 4.74 Å². The van der Waals surface area contributed by atoms with Crippen LogP contribution in [0.5, 0.6) is 5.88 Å². The van der Waals surface area contributed by atoms with E-state index in [1.54, 1.807) is 13.0 Å². The highest BCUT2D eigenvalue weighted by Crippen LogP contribution is 2.32. The Morgan fingerprint density at radius 1 is 1.32 bits per heavy atom. The van der Waals surface area contributed by atoms with Crippen LogP contribution in [0.25, 0.3) is 5.78 Å². The molecule has 2 aromatic heterocycles. The summed E-state index contributed by atoms with van der Waals surface area (Å²) < 4.78 is 45.2. The molecule has 9 heteroatoms. The predicted octanol–water partition coefficient (Wildman–Crippen LogP) is 2.69. The second-order valence-electron chi connectivity index (χ2n) is 6.43. The Morgan fingerprint density at radius 3 is 2.88 bits per heavy atom. The SMILES string of the molecule is CCOc1cc(CN2CC3CC=CC2C3)nc2nc(C(F)(F)F)nn12. The third-order valence-corrected chi connectivity index (χ3v) is 4.61. The number of aromatic nitrogens is 4. The average molecular weight is 353 g/mol. The van der Waals surface area contributed by atoms with Gasteiger partial charge in [-0.3, -0.25) is 4.90 Å². The van der Waals surface area contributed by atoms with E-state index in [1.165, 1.54) is 0 Å². The van der Waals surface area contributed by atoms with Gasteiger partial charge in [-0.25, -0.2) is 4.98 Å². The maximum absolute atomic E-state index is 12.9. The Labute approximate surface area is 142 Å². The van der Waals surface area contributed by atoms with Crippen molar-refractivity contribution >= 4 is 5.78 Å². The molecule has 25 heavy (non-hydrogen) atoms. The van der Waals surface area contributed by atoms with Crippen molar-refractivity contribution in [2.45, 2.75) is 38.5 Å². The van der Waals surface area contributed by atoms with E-state index in [0.29, 0.717) is 30.8 Å². The quantitative estimate of drug-likeness (QED) is 0.791. The van der Waals surface area contributed by atoms with E-state index in [9.17, 15) is 13.2 Å². The van der Waals surface area contributed by atoms with Gasteiger partial charge in [-0.15, -0.1) is 5.10 Å². The van der Waals surface area contributed by atoms with Gasteiger partial charge in [0.2, 0.25) is 5.88 Å². The van der Waals surface area contributed by atoms with Crippen molar-refractivity contribution in [3.05, 3.63) is 29.7 Å². The van der Waals surface area contributed by atoms with Crippen molar-refractivity contribution in [3.63, 3.8) is 0 Å². The molecule has 0 N–H and O–H groups in total. The normalized spacial score (nSPS) is 23.5. The van der Waals surface area contributed by atoms with Gasteiger partial charge in [0.1, 0.15) is 0 Å². The molecule has 0 spiro atoms. The molecule has 2 aromatic rings. The Kier molecular flexibility index (Phi) is 3.90. The molecule has 1 aliphatic heterocycles. The van der Waals surface area contributed by atoms with E-state index >= 15 is 0 Å². The molecule has 1 fully saturated rings. The minimum absolute atomic E-state index is 0.0917. The zero-order valence-electron chi connectivity index (χ0n) is 13.7. The maximum Gasteiger partial charge on any atom is 0.453 e. The lowest BCUT2D eigenvalue weighted by Gasteiger charge is -2.21. The second-order valence-corrected chi connectivity index (χ2v) is 6.43. The van der Waals surface area contributed by atoms with Crippen molar-refractivity contribution in [1.82, 2.24) is 24.5 Å². The standard InChI is InChI=1S/C16H18F3N5O/c1-2-25-13-7-11(9-23-8-10-4-3-5-12(23)6-10)20-15-21-14(16(17,18)19)22-24(13)15/h3,5,7,10,12H,2,4,6,8-9H2,1H3. The van der Waals surface area contributed by atoms with Crippen molar-refractivity contribution in [3.8, 4) is 5.88 Å². The zero-order chi connectivity index (χ0) is 17.6. The van der Waals surface area contributed by atoms with Crippen LogP contribution in [-0.4, -0.2) is 43.7 Å². The third kappa shape index (κ3) is 3.08. The first-order valence-electron chi connectivity index (χ1n) is 8.31. The van der Waals surface area contributed by atoms with Gasteiger partial charge in [0.25, 0.3) is 11.6 Å². The monoisotopic (exact) mass is 353 g/mol. The minimum Gasteiger partial charge on any atom is -0.478 e. The molecular weight excluding hydrogens is 335 g/mol. The molecule has 1 saturated heterocycles. The summed E-state index contributed by atoms with van der Waals surface area (Å²) in [5.41, 5.74) is 0.637. The lowest BCUT2D eigenvalue weighted by molar-refractivity contribution is -0.144. The second kappa shape index (κ2) is 5.98.